The van der Waals surface area contributed by atoms with Crippen molar-refractivity contribution in [1.29, 1.82) is 0 Å². The molecule has 0 spiro atoms. The number of hydrogen-bond acceptors (Lipinski definition) is 6. The third-order valence-electron chi connectivity index (χ3n) is 4.18. The summed E-state index contributed by atoms with van der Waals surface area (Å²) < 4.78 is 10.3. The highest BCUT2D eigenvalue weighted by Crippen LogP contribution is 2.32. The van der Waals surface area contributed by atoms with Crippen LogP contribution in [0.5, 0.6) is 5.75 Å². The molecule has 0 fully saturated rings. The van der Waals surface area contributed by atoms with Crippen molar-refractivity contribution in [3.05, 3.63) is 53.6 Å². The average molecular weight is 382 g/mol. The Morgan fingerprint density at radius 3 is 2.64 bits per heavy atom. The number of esters is 2. The van der Waals surface area contributed by atoms with Gasteiger partial charge in [0.05, 0.1) is 24.4 Å². The number of rotatable bonds is 6. The molecule has 1 aliphatic rings. The first kappa shape index (κ1) is 19.4. The second kappa shape index (κ2) is 8.56. The largest absolute Gasteiger partial charge is 0.462 e. The van der Waals surface area contributed by atoms with Crippen molar-refractivity contribution in [3.8, 4) is 5.75 Å². The van der Waals surface area contributed by atoms with E-state index in [4.69, 9.17) is 9.47 Å². The van der Waals surface area contributed by atoms with Crippen LogP contribution in [0.2, 0.25) is 0 Å². The lowest BCUT2D eigenvalue weighted by Crippen LogP contribution is -2.41. The summed E-state index contributed by atoms with van der Waals surface area (Å²) in [6, 6.07) is 12.0. The van der Waals surface area contributed by atoms with Gasteiger partial charge in [0, 0.05) is 5.69 Å². The van der Waals surface area contributed by atoms with E-state index in [1.54, 1.807) is 35.2 Å². The van der Waals surface area contributed by atoms with E-state index in [1.165, 1.54) is 0 Å². The van der Waals surface area contributed by atoms with Crippen LogP contribution in [-0.2, 0) is 14.3 Å². The van der Waals surface area contributed by atoms with E-state index in [9.17, 15) is 14.4 Å². The summed E-state index contributed by atoms with van der Waals surface area (Å²) in [5, 5.41) is 2.77. The third kappa shape index (κ3) is 4.68. The van der Waals surface area contributed by atoms with Crippen LogP contribution in [-0.4, -0.2) is 37.5 Å². The van der Waals surface area contributed by atoms with Crippen LogP contribution in [0.4, 0.5) is 11.4 Å². The molecule has 0 aromatic heterocycles. The van der Waals surface area contributed by atoms with Gasteiger partial charge in [-0.15, -0.1) is 0 Å². The van der Waals surface area contributed by atoms with Gasteiger partial charge in [-0.3, -0.25) is 4.79 Å². The molecule has 3 rings (SSSR count). The zero-order chi connectivity index (χ0) is 20.1. The maximum absolute atomic E-state index is 12.4. The number of nitrogens with one attached hydrogen (secondary N) is 1. The van der Waals surface area contributed by atoms with Gasteiger partial charge < -0.3 is 19.7 Å². The van der Waals surface area contributed by atoms with E-state index in [-0.39, 0.29) is 19.0 Å². The normalized spacial score (nSPS) is 12.8. The molecule has 7 heteroatoms. The Balaban J connectivity index is 1.63. The lowest BCUT2D eigenvalue weighted by Gasteiger charge is -2.29. The minimum atomic E-state index is -0.402. The molecule has 0 atom stereocenters. The van der Waals surface area contributed by atoms with Gasteiger partial charge in [-0.25, -0.2) is 9.59 Å². The molecule has 2 aromatic rings. The average Bonchev–Trinajstić information content (AvgIpc) is 2.66. The lowest BCUT2D eigenvalue weighted by atomic mass is 10.1. The second-order valence-electron chi connectivity index (χ2n) is 6.56. The zero-order valence-corrected chi connectivity index (χ0v) is 15.9. The van der Waals surface area contributed by atoms with Gasteiger partial charge >= 0.3 is 11.9 Å². The molecule has 2 aromatic carbocycles. The van der Waals surface area contributed by atoms with E-state index >= 15 is 0 Å². The molecule has 0 saturated carbocycles. The molecular weight excluding hydrogens is 360 g/mol. The molecule has 0 bridgehead atoms. The number of nitrogens with zero attached hydrogens (tertiary/aromatic N) is 1. The standard InChI is InChI=1S/C21H22N2O5/c1-3-10-27-21(26)15-5-7-16(8-6-15)22-19(24)12-23-13-20(25)28-18-11-14(2)4-9-17(18)23/h4-9,11H,3,10,12-13H2,1-2H3,(H,22,24). The van der Waals surface area contributed by atoms with Crippen molar-refractivity contribution in [3.63, 3.8) is 0 Å². The van der Waals surface area contributed by atoms with Gasteiger partial charge in [-0.2, -0.15) is 0 Å². The molecule has 1 N–H and O–H groups in total. The Kier molecular flexibility index (Phi) is 5.93. The van der Waals surface area contributed by atoms with Gasteiger partial charge in [-0.05, 0) is 55.3 Å². The summed E-state index contributed by atoms with van der Waals surface area (Å²) in [6.45, 7) is 4.21. The Morgan fingerprint density at radius 1 is 1.18 bits per heavy atom. The summed E-state index contributed by atoms with van der Waals surface area (Å²) in [4.78, 5) is 37.7. The van der Waals surface area contributed by atoms with Crippen LogP contribution in [0, 0.1) is 6.92 Å². The Hall–Kier alpha value is -3.35. The van der Waals surface area contributed by atoms with E-state index in [0.717, 1.165) is 12.0 Å². The molecule has 1 amide bonds. The first-order valence-electron chi connectivity index (χ1n) is 9.09. The fourth-order valence-corrected chi connectivity index (χ4v) is 2.84. The number of hydrogen-bond donors (Lipinski definition) is 1. The molecule has 28 heavy (non-hydrogen) atoms. The van der Waals surface area contributed by atoms with Crippen molar-refractivity contribution in [2.45, 2.75) is 20.3 Å². The van der Waals surface area contributed by atoms with E-state index in [2.05, 4.69) is 5.32 Å². The Morgan fingerprint density at radius 2 is 1.93 bits per heavy atom. The molecule has 1 heterocycles. The summed E-state index contributed by atoms with van der Waals surface area (Å²) >= 11 is 0. The van der Waals surface area contributed by atoms with Crippen molar-refractivity contribution < 1.29 is 23.9 Å². The topological polar surface area (TPSA) is 84.9 Å². The maximum Gasteiger partial charge on any atom is 0.338 e. The van der Waals surface area contributed by atoms with Crippen LogP contribution >= 0.6 is 0 Å². The van der Waals surface area contributed by atoms with Crippen molar-refractivity contribution >= 4 is 29.2 Å². The molecule has 0 unspecified atom stereocenters. The molecular formula is C21H22N2O5. The number of amides is 1. The Bertz CT molecular complexity index is 892. The second-order valence-corrected chi connectivity index (χ2v) is 6.56. The highest BCUT2D eigenvalue weighted by molar-refractivity contribution is 5.97. The van der Waals surface area contributed by atoms with Gasteiger partial charge in [0.15, 0.2) is 5.75 Å². The molecule has 0 saturated heterocycles. The van der Waals surface area contributed by atoms with Crippen LogP contribution in [0.25, 0.3) is 0 Å². The lowest BCUT2D eigenvalue weighted by molar-refractivity contribution is -0.133. The number of ether oxygens (including phenoxy) is 2. The summed E-state index contributed by atoms with van der Waals surface area (Å²) in [7, 11) is 0. The molecule has 0 aliphatic carbocycles. The predicted octanol–water partition coefficient (Wildman–Crippen LogP) is 2.93. The third-order valence-corrected chi connectivity index (χ3v) is 4.18. The fourth-order valence-electron chi connectivity index (χ4n) is 2.84. The highest BCUT2D eigenvalue weighted by Gasteiger charge is 2.25. The van der Waals surface area contributed by atoms with Crippen LogP contribution in [0.1, 0.15) is 29.3 Å². The fraction of sp³-hybridized carbons (Fsp3) is 0.286. The molecule has 7 nitrogen and oxygen atoms in total. The van der Waals surface area contributed by atoms with Crippen molar-refractivity contribution in [2.75, 3.05) is 29.9 Å². The molecule has 0 radical (unpaired) electrons. The quantitative estimate of drug-likeness (QED) is 0.611. The first-order valence-corrected chi connectivity index (χ1v) is 9.09. The summed E-state index contributed by atoms with van der Waals surface area (Å²) in [5.41, 5.74) is 2.65. The van der Waals surface area contributed by atoms with E-state index in [1.807, 2.05) is 26.0 Å². The number of benzene rings is 2. The van der Waals surface area contributed by atoms with Gasteiger partial charge in [0.2, 0.25) is 5.91 Å². The van der Waals surface area contributed by atoms with Crippen LogP contribution in [0.3, 0.4) is 0 Å². The zero-order valence-electron chi connectivity index (χ0n) is 15.9. The van der Waals surface area contributed by atoms with Crippen molar-refractivity contribution in [2.24, 2.45) is 0 Å². The van der Waals surface area contributed by atoms with Crippen LogP contribution < -0.4 is 15.0 Å². The number of anilines is 2. The van der Waals surface area contributed by atoms with Gasteiger partial charge in [-0.1, -0.05) is 13.0 Å². The van der Waals surface area contributed by atoms with Gasteiger partial charge in [0.1, 0.15) is 6.54 Å². The van der Waals surface area contributed by atoms with Crippen LogP contribution in [0.15, 0.2) is 42.5 Å². The molecule has 1 aliphatic heterocycles. The SMILES string of the molecule is CCCOC(=O)c1ccc(NC(=O)CN2CC(=O)Oc3cc(C)ccc32)cc1. The first-order chi connectivity index (χ1) is 13.5. The highest BCUT2D eigenvalue weighted by atomic mass is 16.5. The minimum Gasteiger partial charge on any atom is -0.462 e. The van der Waals surface area contributed by atoms with E-state index < -0.39 is 11.9 Å². The summed E-state index contributed by atoms with van der Waals surface area (Å²) in [5.74, 6) is -0.610. The summed E-state index contributed by atoms with van der Waals surface area (Å²) in [6.07, 6.45) is 0.757. The molecule has 146 valence electrons. The Labute approximate surface area is 163 Å². The maximum atomic E-state index is 12.4. The minimum absolute atomic E-state index is 0.00541. The number of carbonyl (C=O) groups excluding carboxylic acids is 3. The van der Waals surface area contributed by atoms with E-state index in [0.29, 0.717) is 29.3 Å². The monoisotopic (exact) mass is 382 g/mol. The number of carbonyl (C=O) groups is 3. The van der Waals surface area contributed by atoms with Crippen molar-refractivity contribution in [1.82, 2.24) is 0 Å². The smallest absolute Gasteiger partial charge is 0.338 e. The number of fused-ring (bicyclic) bond motifs is 1. The predicted molar refractivity (Wildman–Crippen MR) is 105 cm³/mol. The van der Waals surface area contributed by atoms with Gasteiger partial charge in [0.25, 0.3) is 0 Å². The number of aryl methyl sites for hydroxylation is 1.